The minimum Gasteiger partial charge on any atom is -0.343 e. The number of alkyl halides is 3. The molecule has 1 aliphatic rings. The van der Waals surface area contributed by atoms with Gasteiger partial charge in [-0.1, -0.05) is 17.7 Å². The molecule has 0 bridgehead atoms. The molecule has 108 valence electrons. The number of hydrogen-bond acceptors (Lipinski definition) is 2. The molecular formula is C13H13ClF3N3. The Morgan fingerprint density at radius 1 is 1.30 bits per heavy atom. The minimum absolute atomic E-state index is 0.0995. The third-order valence-corrected chi connectivity index (χ3v) is 3.99. The number of hydrogen-bond donors (Lipinski definition) is 1. The lowest BCUT2D eigenvalue weighted by atomic mass is 10.0. The lowest BCUT2D eigenvalue weighted by molar-refractivity contribution is -0.152. The Bertz CT molecular complexity index is 623. The number of piperidine rings is 1. The first-order valence-corrected chi connectivity index (χ1v) is 6.82. The van der Waals surface area contributed by atoms with E-state index in [0.29, 0.717) is 34.7 Å². The molecule has 1 aliphatic heterocycles. The molecule has 2 aromatic rings. The number of rotatable bonds is 1. The van der Waals surface area contributed by atoms with Gasteiger partial charge in [-0.25, -0.2) is 0 Å². The number of H-pyrrole nitrogens is 1. The molecule has 0 radical (unpaired) electrons. The number of fused-ring (bicyclic) bond motifs is 1. The van der Waals surface area contributed by atoms with Crippen LogP contribution in [0.5, 0.6) is 0 Å². The summed E-state index contributed by atoms with van der Waals surface area (Å²) in [7, 11) is 0. The Morgan fingerprint density at radius 3 is 2.85 bits per heavy atom. The van der Waals surface area contributed by atoms with Gasteiger partial charge in [-0.05, 0) is 31.4 Å². The quantitative estimate of drug-likeness (QED) is 0.858. The van der Waals surface area contributed by atoms with E-state index in [1.54, 1.807) is 18.2 Å². The molecule has 0 aliphatic carbocycles. The molecular weight excluding hydrogens is 291 g/mol. The highest BCUT2D eigenvalue weighted by atomic mass is 35.5. The van der Waals surface area contributed by atoms with Crippen LogP contribution < -0.4 is 4.90 Å². The van der Waals surface area contributed by atoms with E-state index in [0.717, 1.165) is 6.42 Å². The van der Waals surface area contributed by atoms with E-state index in [4.69, 9.17) is 11.6 Å². The van der Waals surface area contributed by atoms with Crippen LogP contribution in [0.1, 0.15) is 19.3 Å². The summed E-state index contributed by atoms with van der Waals surface area (Å²) in [5.74, 6) is 0.299. The van der Waals surface area contributed by atoms with Crippen molar-refractivity contribution in [2.75, 3.05) is 11.4 Å². The summed E-state index contributed by atoms with van der Waals surface area (Å²) in [5.41, 5.74) is 0.652. The topological polar surface area (TPSA) is 31.9 Å². The van der Waals surface area contributed by atoms with Gasteiger partial charge in [-0.15, -0.1) is 0 Å². The summed E-state index contributed by atoms with van der Waals surface area (Å²) >= 11 is 6.12. The molecule has 1 unspecified atom stereocenters. The second kappa shape index (κ2) is 4.84. The van der Waals surface area contributed by atoms with Crippen LogP contribution >= 0.6 is 11.6 Å². The van der Waals surface area contributed by atoms with E-state index in [1.165, 1.54) is 4.90 Å². The van der Waals surface area contributed by atoms with Crippen LogP contribution in [-0.2, 0) is 0 Å². The van der Waals surface area contributed by atoms with E-state index < -0.39 is 12.2 Å². The van der Waals surface area contributed by atoms with Gasteiger partial charge in [0.1, 0.15) is 6.04 Å². The van der Waals surface area contributed by atoms with Gasteiger partial charge in [0, 0.05) is 6.54 Å². The average molecular weight is 304 g/mol. The number of benzene rings is 1. The fourth-order valence-electron chi connectivity index (χ4n) is 2.75. The summed E-state index contributed by atoms with van der Waals surface area (Å²) < 4.78 is 39.5. The lowest BCUT2D eigenvalue weighted by Gasteiger charge is -2.37. The Hall–Kier alpha value is -1.43. The van der Waals surface area contributed by atoms with E-state index >= 15 is 0 Å². The standard InChI is InChI=1S/C13H13ClF3N3/c14-8-4-3-5-9-11(8)12(19-18-9)20-7-2-1-6-10(20)13(15,16)17/h3-5,10H,1-2,6-7H2,(H,18,19). The Balaban J connectivity index is 2.09. The van der Waals surface area contributed by atoms with Crippen molar-refractivity contribution in [1.29, 1.82) is 0 Å². The van der Waals surface area contributed by atoms with Crippen LogP contribution in [0.2, 0.25) is 5.02 Å². The van der Waals surface area contributed by atoms with Crippen molar-refractivity contribution in [3.05, 3.63) is 23.2 Å². The summed E-state index contributed by atoms with van der Waals surface area (Å²) in [5, 5.41) is 7.79. The van der Waals surface area contributed by atoms with Crippen molar-refractivity contribution >= 4 is 28.3 Å². The van der Waals surface area contributed by atoms with Gasteiger partial charge >= 0.3 is 6.18 Å². The van der Waals surface area contributed by atoms with Crippen LogP contribution in [-0.4, -0.2) is 29.0 Å². The molecule has 0 spiro atoms. The molecule has 1 N–H and O–H groups in total. The van der Waals surface area contributed by atoms with E-state index in [1.807, 2.05) is 0 Å². The molecule has 1 aromatic carbocycles. The molecule has 0 saturated carbocycles. The molecule has 0 amide bonds. The summed E-state index contributed by atoms with van der Waals surface area (Å²) in [6.45, 7) is 0.343. The number of nitrogens with zero attached hydrogens (tertiary/aromatic N) is 2. The highest BCUT2D eigenvalue weighted by Crippen LogP contribution is 2.38. The zero-order valence-electron chi connectivity index (χ0n) is 10.5. The zero-order valence-corrected chi connectivity index (χ0v) is 11.3. The van der Waals surface area contributed by atoms with Gasteiger partial charge in [0.05, 0.1) is 15.9 Å². The molecule has 3 nitrogen and oxygen atoms in total. The number of halogens is 4. The Morgan fingerprint density at radius 2 is 2.10 bits per heavy atom. The monoisotopic (exact) mass is 303 g/mol. The largest absolute Gasteiger partial charge is 0.408 e. The molecule has 1 aromatic heterocycles. The van der Waals surface area contributed by atoms with E-state index in [2.05, 4.69) is 10.2 Å². The van der Waals surface area contributed by atoms with Crippen molar-refractivity contribution in [2.45, 2.75) is 31.5 Å². The van der Waals surface area contributed by atoms with Gasteiger partial charge in [0.15, 0.2) is 5.82 Å². The van der Waals surface area contributed by atoms with Crippen molar-refractivity contribution in [2.24, 2.45) is 0 Å². The SMILES string of the molecule is FC(F)(F)C1CCCCN1c1n[nH]c2cccc(Cl)c12. The fourth-order valence-corrected chi connectivity index (χ4v) is 3.01. The maximum Gasteiger partial charge on any atom is 0.408 e. The second-order valence-electron chi connectivity index (χ2n) is 4.96. The molecule has 7 heteroatoms. The van der Waals surface area contributed by atoms with Crippen molar-refractivity contribution < 1.29 is 13.2 Å². The van der Waals surface area contributed by atoms with Gasteiger partial charge < -0.3 is 4.90 Å². The van der Waals surface area contributed by atoms with Gasteiger partial charge in [-0.3, -0.25) is 5.10 Å². The normalized spacial score (nSPS) is 20.6. The third kappa shape index (κ3) is 2.22. The lowest BCUT2D eigenvalue weighted by Crippen LogP contribution is -2.49. The van der Waals surface area contributed by atoms with E-state index in [9.17, 15) is 13.2 Å². The van der Waals surface area contributed by atoms with Crippen LogP contribution in [0.15, 0.2) is 18.2 Å². The maximum absolute atomic E-state index is 13.2. The third-order valence-electron chi connectivity index (χ3n) is 3.67. The molecule has 20 heavy (non-hydrogen) atoms. The Labute approximate surface area is 118 Å². The zero-order chi connectivity index (χ0) is 14.3. The van der Waals surface area contributed by atoms with Crippen LogP contribution in [0, 0.1) is 0 Å². The van der Waals surface area contributed by atoms with Gasteiger partial charge in [0.25, 0.3) is 0 Å². The summed E-state index contributed by atoms with van der Waals surface area (Å²) in [6.07, 6.45) is -2.85. The smallest absolute Gasteiger partial charge is 0.343 e. The first-order valence-electron chi connectivity index (χ1n) is 6.44. The predicted octanol–water partition coefficient (Wildman–Crippen LogP) is 4.14. The predicted molar refractivity (Wildman–Crippen MR) is 72.1 cm³/mol. The molecule has 1 atom stereocenters. The first kappa shape index (κ1) is 13.5. The van der Waals surface area contributed by atoms with Gasteiger partial charge in [0.2, 0.25) is 0 Å². The number of nitrogens with one attached hydrogen (secondary N) is 1. The van der Waals surface area contributed by atoms with Gasteiger partial charge in [-0.2, -0.15) is 18.3 Å². The van der Waals surface area contributed by atoms with Crippen molar-refractivity contribution in [3.63, 3.8) is 0 Å². The first-order chi connectivity index (χ1) is 9.48. The molecule has 2 heterocycles. The van der Waals surface area contributed by atoms with Crippen molar-refractivity contribution in [3.8, 4) is 0 Å². The molecule has 3 rings (SSSR count). The maximum atomic E-state index is 13.2. The van der Waals surface area contributed by atoms with Crippen LogP contribution in [0.3, 0.4) is 0 Å². The average Bonchev–Trinajstić information content (AvgIpc) is 2.83. The molecule has 1 saturated heterocycles. The fraction of sp³-hybridized carbons (Fsp3) is 0.462. The number of anilines is 1. The second-order valence-corrected chi connectivity index (χ2v) is 5.36. The summed E-state index contributed by atoms with van der Waals surface area (Å²) in [4.78, 5) is 1.33. The van der Waals surface area contributed by atoms with Crippen LogP contribution in [0.25, 0.3) is 10.9 Å². The van der Waals surface area contributed by atoms with Crippen LogP contribution in [0.4, 0.5) is 19.0 Å². The number of aromatic nitrogens is 2. The minimum atomic E-state index is -4.26. The van der Waals surface area contributed by atoms with Crippen molar-refractivity contribution in [1.82, 2.24) is 10.2 Å². The molecule has 1 fully saturated rings. The summed E-state index contributed by atoms with van der Waals surface area (Å²) in [6, 6.07) is 3.67. The Kier molecular flexibility index (Phi) is 3.28. The highest BCUT2D eigenvalue weighted by Gasteiger charge is 2.45. The van der Waals surface area contributed by atoms with E-state index in [-0.39, 0.29) is 6.42 Å². The highest BCUT2D eigenvalue weighted by molar-refractivity contribution is 6.36. The number of aromatic amines is 1.